The minimum atomic E-state index is -1.07. The molecule has 15 aromatic carbocycles. The second-order valence-electron chi connectivity index (χ2n) is 26.1. The fourth-order valence-electron chi connectivity index (χ4n) is 15.9. The van der Waals surface area contributed by atoms with E-state index < -0.39 is 8.80 Å². The minimum Gasteiger partial charge on any atom is -0.310 e. The van der Waals surface area contributed by atoms with Crippen LogP contribution in [0, 0.1) is 0 Å². The van der Waals surface area contributed by atoms with Crippen LogP contribution < -0.4 is 15.0 Å². The monoisotopic (exact) mass is 1150 g/mol. The molecule has 0 atom stereocenters. The summed E-state index contributed by atoms with van der Waals surface area (Å²) in [5.74, 6) is 0. The van der Waals surface area contributed by atoms with E-state index in [0.717, 1.165) is 34.1 Å². The first-order chi connectivity index (χ1) is 43.5. The number of fused-ring (bicyclic) bond motifs is 14. The third-order valence-electron chi connectivity index (χ3n) is 20.1. The van der Waals surface area contributed by atoms with Crippen molar-refractivity contribution in [1.29, 1.82) is 0 Å². The summed E-state index contributed by atoms with van der Waals surface area (Å²) < 4.78 is 0. The van der Waals surface area contributed by atoms with Crippen LogP contribution in [0.4, 0.5) is 34.1 Å². The summed E-state index contributed by atoms with van der Waals surface area (Å²) in [6, 6.07) is 108. The molecule has 2 aliphatic rings. The van der Waals surface area contributed by atoms with E-state index in [2.05, 4.69) is 336 Å². The summed E-state index contributed by atoms with van der Waals surface area (Å²) in [6.07, 6.45) is 0. The van der Waals surface area contributed by atoms with E-state index in [1.165, 1.54) is 137 Å². The molecule has 0 saturated heterocycles. The van der Waals surface area contributed by atoms with E-state index >= 15 is 0 Å². The van der Waals surface area contributed by atoms with Crippen LogP contribution in [-0.4, -0.2) is 8.80 Å². The van der Waals surface area contributed by atoms with E-state index in [1.807, 2.05) is 0 Å². The lowest BCUT2D eigenvalue weighted by molar-refractivity contribution is 0.666. The third kappa shape index (κ3) is 8.15. The first-order valence-electron chi connectivity index (χ1n) is 31.6. The van der Waals surface area contributed by atoms with Crippen LogP contribution >= 0.6 is 0 Å². The largest absolute Gasteiger partial charge is 0.310 e. The van der Waals surface area contributed by atoms with Gasteiger partial charge in [-0.25, -0.2) is 0 Å². The molecule has 0 fully saturated rings. The molecule has 0 saturated carbocycles. The Kier molecular flexibility index (Phi) is 12.0. The molecule has 89 heavy (non-hydrogen) atoms. The summed E-state index contributed by atoms with van der Waals surface area (Å²) >= 11 is 0. The van der Waals surface area contributed by atoms with Crippen LogP contribution in [-0.2, 0) is 10.8 Å². The predicted octanol–water partition coefficient (Wildman–Crippen LogP) is 23.2. The molecule has 424 valence electrons. The van der Waals surface area contributed by atoms with Crippen LogP contribution in [0.5, 0.6) is 0 Å². The molecule has 0 unspecified atom stereocenters. The maximum Gasteiger partial charge on any atom is 0.0647 e. The number of hydrogen-bond donors (Lipinski definition) is 0. The Morgan fingerprint density at radius 3 is 1.09 bits per heavy atom. The number of nitrogens with zero attached hydrogens (tertiary/aromatic N) is 2. The number of hydrogen-bond acceptors (Lipinski definition) is 2. The Balaban J connectivity index is 0.990. The van der Waals surface area contributed by atoms with E-state index in [-0.39, 0.29) is 10.8 Å². The molecule has 2 nitrogen and oxygen atoms in total. The zero-order valence-corrected chi connectivity index (χ0v) is 52.3. The molecule has 0 heterocycles. The molecule has 0 radical (unpaired) electrons. The van der Waals surface area contributed by atoms with Gasteiger partial charge in [-0.15, -0.1) is 0 Å². The van der Waals surface area contributed by atoms with Gasteiger partial charge in [-0.05, 0) is 193 Å². The maximum absolute atomic E-state index is 2.56. The van der Waals surface area contributed by atoms with Crippen LogP contribution in [0.2, 0.25) is 13.1 Å². The van der Waals surface area contributed by atoms with Crippen molar-refractivity contribution < 1.29 is 0 Å². The van der Waals surface area contributed by atoms with Crippen molar-refractivity contribution in [2.24, 2.45) is 0 Å². The maximum atomic E-state index is 2.56. The van der Waals surface area contributed by atoms with E-state index in [1.54, 1.807) is 0 Å². The van der Waals surface area contributed by atoms with Gasteiger partial charge in [-0.1, -0.05) is 258 Å². The van der Waals surface area contributed by atoms with Crippen molar-refractivity contribution in [2.45, 2.75) is 51.6 Å². The van der Waals surface area contributed by atoms with Crippen molar-refractivity contribution in [3.63, 3.8) is 0 Å². The smallest absolute Gasteiger partial charge is 0.0647 e. The lowest BCUT2D eigenvalue weighted by Crippen LogP contribution is -2.22. The third-order valence-corrected chi connectivity index (χ3v) is 21.8. The second-order valence-corrected chi connectivity index (χ2v) is 29.1. The van der Waals surface area contributed by atoms with Gasteiger partial charge in [0.15, 0.2) is 0 Å². The normalized spacial score (nSPS) is 13.6. The summed E-state index contributed by atoms with van der Waals surface area (Å²) in [7, 11) is -1.07. The molecule has 15 aromatic rings. The highest BCUT2D eigenvalue weighted by molar-refractivity contribution is 6.70. The lowest BCUT2D eigenvalue weighted by atomic mass is 9.78. The van der Waals surface area contributed by atoms with Crippen molar-refractivity contribution in [2.75, 3.05) is 9.80 Å². The number of anilines is 6. The van der Waals surface area contributed by atoms with Crippen molar-refractivity contribution in [1.82, 2.24) is 0 Å². The van der Waals surface area contributed by atoms with Crippen LogP contribution in [0.15, 0.2) is 285 Å². The number of para-hydroxylation sites is 1. The van der Waals surface area contributed by atoms with Crippen molar-refractivity contribution in [3.05, 3.63) is 307 Å². The van der Waals surface area contributed by atoms with E-state index in [4.69, 9.17) is 0 Å². The Morgan fingerprint density at radius 1 is 0.270 bits per heavy atom. The highest BCUT2D eigenvalue weighted by Gasteiger charge is 2.39. The van der Waals surface area contributed by atoms with E-state index in [9.17, 15) is 0 Å². The molecule has 0 amide bonds. The standard InChI is InChI=1S/C86H66N2Si/c1-85(2)77-50-58(36-44-69(77)73-46-34-56-22-12-16-30-67(56)83(73)85)81-72-49-41-63(88(61-38-42-64(43-39-61)89(5)6)80-33-19-25-55-21-11-15-29-66(55)80)53-76(72)82(59-37-45-70-74-47-35-57-23-13-17-31-68(57)84(74)86(3,4)78(70)51-59)71-48-40-62(52-75(71)81)87(60-26-8-7-9-27-60)79-32-18-24-54-20-10-14-28-65(54)79/h7-53,89H,1-6H3. The molecule has 0 aromatic heterocycles. The summed E-state index contributed by atoms with van der Waals surface area (Å²) in [6.45, 7) is 14.6. The summed E-state index contributed by atoms with van der Waals surface area (Å²) in [4.78, 5) is 4.99. The second kappa shape index (κ2) is 20.1. The minimum absolute atomic E-state index is 0.267. The average Bonchev–Trinajstić information content (AvgIpc) is 1.71. The Labute approximate surface area is 522 Å². The molecule has 0 bridgehead atoms. The van der Waals surface area contributed by atoms with Crippen molar-refractivity contribution >= 4 is 113 Å². The number of rotatable bonds is 9. The van der Waals surface area contributed by atoms with Crippen molar-refractivity contribution in [3.8, 4) is 44.5 Å². The van der Waals surface area contributed by atoms with Gasteiger partial charge in [0.05, 0.1) is 20.2 Å². The topological polar surface area (TPSA) is 6.48 Å². The molecular weight excluding hydrogens is 1090 g/mol. The molecule has 3 heteroatoms. The highest BCUT2D eigenvalue weighted by Crippen LogP contribution is 2.57. The fraction of sp³-hybridized carbons (Fsp3) is 0.0930. The van der Waals surface area contributed by atoms with Gasteiger partial charge in [-0.3, -0.25) is 0 Å². The van der Waals surface area contributed by atoms with Crippen LogP contribution in [0.25, 0.3) is 109 Å². The molecule has 0 aliphatic heterocycles. The Bertz CT molecular complexity index is 5410. The average molecular weight is 1160 g/mol. The van der Waals surface area contributed by atoms with Gasteiger partial charge in [-0.2, -0.15) is 0 Å². The predicted molar refractivity (Wildman–Crippen MR) is 385 cm³/mol. The lowest BCUT2D eigenvalue weighted by Gasteiger charge is -2.29. The van der Waals surface area contributed by atoms with E-state index in [0.29, 0.717) is 0 Å². The van der Waals surface area contributed by atoms with Gasteiger partial charge in [0.25, 0.3) is 0 Å². The first kappa shape index (κ1) is 53.0. The van der Waals surface area contributed by atoms with Gasteiger partial charge in [0, 0.05) is 44.4 Å². The molecule has 17 rings (SSSR count). The van der Waals surface area contributed by atoms with Gasteiger partial charge in [0.2, 0.25) is 0 Å². The van der Waals surface area contributed by atoms with Crippen LogP contribution in [0.3, 0.4) is 0 Å². The fourth-order valence-corrected chi connectivity index (χ4v) is 16.8. The van der Waals surface area contributed by atoms with Gasteiger partial charge in [0.1, 0.15) is 0 Å². The molecular formula is C86H66N2Si. The molecule has 0 N–H and O–H groups in total. The van der Waals surface area contributed by atoms with Gasteiger partial charge < -0.3 is 9.80 Å². The zero-order valence-electron chi connectivity index (χ0n) is 51.1. The van der Waals surface area contributed by atoms with Gasteiger partial charge >= 0.3 is 0 Å². The quantitative estimate of drug-likeness (QED) is 0.105. The molecule has 2 aliphatic carbocycles. The summed E-state index contributed by atoms with van der Waals surface area (Å²) in [5.41, 5.74) is 21.8. The molecule has 0 spiro atoms. The number of benzene rings is 15. The SMILES string of the molecule is C[SiH](C)c1ccc(N(c2ccc3c(-c4ccc5c(c4)C(C)(C)c4c-5ccc5ccccc45)c4cc(N(c5ccccc5)c5cccc6ccccc56)ccc4c(-c4ccc5c(c4)C(C)(C)c4c-5ccc5ccccc45)c3c2)c2cccc3ccccc23)cc1. The zero-order chi connectivity index (χ0) is 59.9. The highest BCUT2D eigenvalue weighted by atomic mass is 28.3. The first-order valence-corrected chi connectivity index (χ1v) is 34.5. The Hall–Kier alpha value is -10.3. The van der Waals surface area contributed by atoms with Crippen LogP contribution in [0.1, 0.15) is 49.9 Å². The Morgan fingerprint density at radius 2 is 0.640 bits per heavy atom. The summed E-state index contributed by atoms with van der Waals surface area (Å²) in [5, 5.41) is 16.3.